The molecule has 0 saturated carbocycles. The fraction of sp³-hybridized carbons (Fsp3) is 0.857. The zero-order chi connectivity index (χ0) is 7.52. The van der Waals surface area contributed by atoms with Gasteiger partial charge in [-0.2, -0.15) is 0 Å². The van der Waals surface area contributed by atoms with Gasteiger partial charge in [-0.3, -0.25) is 4.99 Å². The molecule has 0 amide bonds. The molecule has 2 N–H and O–H groups in total. The molecule has 11 heavy (non-hydrogen) atoms. The molecule has 0 radical (unpaired) electrons. The Morgan fingerprint density at radius 3 is 3.09 bits per heavy atom. The number of piperazine rings is 1. The lowest BCUT2D eigenvalue weighted by atomic mass is 10.2. The molecule has 1 atom stereocenters. The molecule has 1 fully saturated rings. The van der Waals surface area contributed by atoms with E-state index in [1.165, 1.54) is 0 Å². The molecule has 1 unspecified atom stereocenters. The van der Waals surface area contributed by atoms with Gasteiger partial charge in [0.1, 0.15) is 6.61 Å². The van der Waals surface area contributed by atoms with Crippen molar-refractivity contribution in [2.45, 2.75) is 6.04 Å². The lowest BCUT2D eigenvalue weighted by molar-refractivity contribution is 0.316. The summed E-state index contributed by atoms with van der Waals surface area (Å²) in [5, 5.41) is 6.63. The lowest BCUT2D eigenvalue weighted by Crippen LogP contribution is -2.52. The van der Waals surface area contributed by atoms with Crippen LogP contribution >= 0.6 is 0 Å². The Hall–Kier alpha value is -0.610. The van der Waals surface area contributed by atoms with E-state index in [4.69, 9.17) is 4.74 Å². The van der Waals surface area contributed by atoms with Crippen molar-refractivity contribution in [2.24, 2.45) is 4.99 Å². The molecule has 2 heterocycles. The first-order chi connectivity index (χ1) is 5.47. The van der Waals surface area contributed by atoms with E-state index in [9.17, 15) is 0 Å². The number of hydrogen-bond donors (Lipinski definition) is 2. The first-order valence-corrected chi connectivity index (χ1v) is 4.08. The van der Waals surface area contributed by atoms with E-state index in [0.717, 1.165) is 38.7 Å². The summed E-state index contributed by atoms with van der Waals surface area (Å²) in [7, 11) is 0. The van der Waals surface area contributed by atoms with Crippen molar-refractivity contribution in [1.82, 2.24) is 10.6 Å². The van der Waals surface area contributed by atoms with Crippen LogP contribution in [-0.4, -0.2) is 44.7 Å². The van der Waals surface area contributed by atoms with E-state index in [1.807, 2.05) is 0 Å². The van der Waals surface area contributed by atoms with E-state index in [2.05, 4.69) is 15.6 Å². The van der Waals surface area contributed by atoms with Gasteiger partial charge in [-0.15, -0.1) is 0 Å². The second kappa shape index (κ2) is 3.19. The van der Waals surface area contributed by atoms with Crippen molar-refractivity contribution >= 4 is 5.90 Å². The lowest BCUT2D eigenvalue weighted by Gasteiger charge is -2.23. The molecule has 0 aromatic heterocycles. The van der Waals surface area contributed by atoms with Crippen LogP contribution in [0.2, 0.25) is 0 Å². The first kappa shape index (κ1) is 7.06. The van der Waals surface area contributed by atoms with Crippen molar-refractivity contribution in [3.05, 3.63) is 0 Å². The number of rotatable bonds is 1. The van der Waals surface area contributed by atoms with Gasteiger partial charge in [0.05, 0.1) is 12.6 Å². The molecule has 4 nitrogen and oxygen atoms in total. The minimum Gasteiger partial charge on any atom is -0.478 e. The fourth-order valence-electron chi connectivity index (χ4n) is 1.39. The molecule has 1 saturated heterocycles. The van der Waals surface area contributed by atoms with Gasteiger partial charge >= 0.3 is 0 Å². The van der Waals surface area contributed by atoms with Crippen molar-refractivity contribution in [1.29, 1.82) is 0 Å². The number of nitrogens with one attached hydrogen (secondary N) is 2. The molecule has 0 aromatic carbocycles. The highest BCUT2D eigenvalue weighted by Crippen LogP contribution is 2.00. The van der Waals surface area contributed by atoms with Gasteiger partial charge in [-0.05, 0) is 0 Å². The molecule has 0 aromatic rings. The average molecular weight is 155 g/mol. The summed E-state index contributed by atoms with van der Waals surface area (Å²) in [5.41, 5.74) is 0. The van der Waals surface area contributed by atoms with Crippen molar-refractivity contribution in [3.63, 3.8) is 0 Å². The van der Waals surface area contributed by atoms with Gasteiger partial charge < -0.3 is 15.4 Å². The monoisotopic (exact) mass is 155 g/mol. The summed E-state index contributed by atoms with van der Waals surface area (Å²) in [6.45, 7) is 4.58. The summed E-state index contributed by atoms with van der Waals surface area (Å²) in [6.07, 6.45) is 0. The molecular weight excluding hydrogens is 142 g/mol. The number of ether oxygens (including phenoxy) is 1. The van der Waals surface area contributed by atoms with Gasteiger partial charge in [0, 0.05) is 19.6 Å². The normalized spacial score (nSPS) is 31.3. The van der Waals surface area contributed by atoms with Crippen LogP contribution in [0.3, 0.4) is 0 Å². The molecule has 2 aliphatic rings. The summed E-state index contributed by atoms with van der Waals surface area (Å²) < 4.78 is 5.34. The second-order valence-corrected chi connectivity index (χ2v) is 2.78. The van der Waals surface area contributed by atoms with Crippen molar-refractivity contribution in [2.75, 3.05) is 32.8 Å². The van der Waals surface area contributed by atoms with E-state index >= 15 is 0 Å². The van der Waals surface area contributed by atoms with Crippen LogP contribution < -0.4 is 10.6 Å². The first-order valence-electron chi connectivity index (χ1n) is 4.08. The van der Waals surface area contributed by atoms with Crippen LogP contribution in [0.25, 0.3) is 0 Å². The Morgan fingerprint density at radius 2 is 2.45 bits per heavy atom. The minimum absolute atomic E-state index is 0.311. The third-order valence-electron chi connectivity index (χ3n) is 1.95. The molecular formula is C7H13N3O. The van der Waals surface area contributed by atoms with E-state index in [0.29, 0.717) is 6.04 Å². The van der Waals surface area contributed by atoms with Crippen molar-refractivity contribution in [3.8, 4) is 0 Å². The molecule has 2 aliphatic heterocycles. The Kier molecular flexibility index (Phi) is 2.05. The highest BCUT2D eigenvalue weighted by atomic mass is 16.5. The summed E-state index contributed by atoms with van der Waals surface area (Å²) in [4.78, 5) is 4.25. The van der Waals surface area contributed by atoms with Crippen LogP contribution in [0.1, 0.15) is 0 Å². The summed E-state index contributed by atoms with van der Waals surface area (Å²) >= 11 is 0. The van der Waals surface area contributed by atoms with Gasteiger partial charge in [-0.1, -0.05) is 0 Å². The zero-order valence-corrected chi connectivity index (χ0v) is 6.47. The van der Waals surface area contributed by atoms with Crippen LogP contribution in [0.5, 0.6) is 0 Å². The predicted octanol–water partition coefficient (Wildman–Crippen LogP) is -1.02. The summed E-state index contributed by atoms with van der Waals surface area (Å²) in [6, 6.07) is 0.311. The third-order valence-corrected chi connectivity index (χ3v) is 1.95. The van der Waals surface area contributed by atoms with Crippen LogP contribution in [0, 0.1) is 0 Å². The molecule has 0 bridgehead atoms. The number of hydrogen-bond acceptors (Lipinski definition) is 4. The Balaban J connectivity index is 1.92. The minimum atomic E-state index is 0.311. The highest BCUT2D eigenvalue weighted by Gasteiger charge is 2.21. The molecule has 0 aliphatic carbocycles. The van der Waals surface area contributed by atoms with Gasteiger partial charge in [0.25, 0.3) is 0 Å². The smallest absolute Gasteiger partial charge is 0.202 e. The topological polar surface area (TPSA) is 45.6 Å². The van der Waals surface area contributed by atoms with Gasteiger partial charge in [-0.25, -0.2) is 0 Å². The number of nitrogens with zero attached hydrogens (tertiary/aromatic N) is 1. The van der Waals surface area contributed by atoms with Gasteiger partial charge in [0.2, 0.25) is 5.90 Å². The third kappa shape index (κ3) is 1.52. The maximum atomic E-state index is 5.34. The zero-order valence-electron chi connectivity index (χ0n) is 6.47. The standard InChI is InChI=1S/C7H13N3O/c1-2-9-6(5-8-1)7-10-3-4-11-7/h6,8-9H,1-5H2. The van der Waals surface area contributed by atoms with E-state index in [1.54, 1.807) is 0 Å². The largest absolute Gasteiger partial charge is 0.478 e. The van der Waals surface area contributed by atoms with E-state index < -0.39 is 0 Å². The maximum absolute atomic E-state index is 5.34. The molecule has 62 valence electrons. The van der Waals surface area contributed by atoms with E-state index in [-0.39, 0.29) is 0 Å². The highest BCUT2D eigenvalue weighted by molar-refractivity contribution is 5.83. The van der Waals surface area contributed by atoms with Crippen LogP contribution in [0.15, 0.2) is 4.99 Å². The maximum Gasteiger partial charge on any atom is 0.202 e. The molecule has 0 spiro atoms. The summed E-state index contributed by atoms with van der Waals surface area (Å²) in [5.74, 6) is 0.886. The van der Waals surface area contributed by atoms with Crippen LogP contribution in [-0.2, 0) is 4.74 Å². The fourth-order valence-corrected chi connectivity index (χ4v) is 1.39. The predicted molar refractivity (Wildman–Crippen MR) is 42.9 cm³/mol. The quantitative estimate of drug-likeness (QED) is 0.509. The van der Waals surface area contributed by atoms with Crippen molar-refractivity contribution < 1.29 is 4.74 Å². The van der Waals surface area contributed by atoms with Crippen LogP contribution in [0.4, 0.5) is 0 Å². The Bertz CT molecular complexity index is 163. The Labute approximate surface area is 66.0 Å². The second-order valence-electron chi connectivity index (χ2n) is 2.78. The Morgan fingerprint density at radius 1 is 1.45 bits per heavy atom. The average Bonchev–Trinajstić information content (AvgIpc) is 2.58. The van der Waals surface area contributed by atoms with Gasteiger partial charge in [0.15, 0.2) is 0 Å². The number of aliphatic imine (C=N–C) groups is 1. The SMILES string of the molecule is C1COC(C2CNCCN2)=N1. The molecule has 2 rings (SSSR count). The molecule has 4 heteroatoms.